The summed E-state index contributed by atoms with van der Waals surface area (Å²) in [6, 6.07) is 2.81. The highest BCUT2D eigenvalue weighted by Crippen LogP contribution is 2.37. The van der Waals surface area contributed by atoms with Crippen molar-refractivity contribution >= 4 is 15.9 Å². The molecular weight excluding hydrogens is 290 g/mol. The van der Waals surface area contributed by atoms with Crippen LogP contribution in [0.1, 0.15) is 18.0 Å². The quantitative estimate of drug-likeness (QED) is 0.851. The molecule has 2 unspecified atom stereocenters. The van der Waals surface area contributed by atoms with E-state index in [1.54, 1.807) is 0 Å². The van der Waals surface area contributed by atoms with Crippen LogP contribution < -0.4 is 5.73 Å². The first-order valence-electron chi connectivity index (χ1n) is 5.58. The Kier molecular flexibility index (Phi) is 3.80. The van der Waals surface area contributed by atoms with Crippen LogP contribution in [0.4, 0.5) is 8.78 Å². The van der Waals surface area contributed by atoms with Crippen LogP contribution in [-0.4, -0.2) is 25.0 Å². The Bertz CT molecular complexity index is 425. The molecule has 17 heavy (non-hydrogen) atoms. The summed E-state index contributed by atoms with van der Waals surface area (Å²) in [5.74, 6) is -0.685. The maximum Gasteiger partial charge on any atom is 0.145 e. The predicted molar refractivity (Wildman–Crippen MR) is 66.6 cm³/mol. The summed E-state index contributed by atoms with van der Waals surface area (Å²) in [5, 5.41) is 0. The molecule has 0 spiro atoms. The lowest BCUT2D eigenvalue weighted by Crippen LogP contribution is -2.21. The van der Waals surface area contributed by atoms with E-state index in [1.807, 2.05) is 7.05 Å². The van der Waals surface area contributed by atoms with Crippen molar-refractivity contribution in [1.29, 1.82) is 0 Å². The molecule has 5 heteroatoms. The van der Waals surface area contributed by atoms with Gasteiger partial charge in [0, 0.05) is 18.2 Å². The average molecular weight is 305 g/mol. The Morgan fingerprint density at radius 2 is 2.18 bits per heavy atom. The van der Waals surface area contributed by atoms with E-state index in [4.69, 9.17) is 5.73 Å². The van der Waals surface area contributed by atoms with Crippen molar-refractivity contribution in [3.05, 3.63) is 33.8 Å². The SMILES string of the molecule is CN1CC(CN)CC1c1ccc(F)c(Br)c1F. The fraction of sp³-hybridized carbons (Fsp3) is 0.500. The third-order valence-corrected chi connectivity index (χ3v) is 4.12. The summed E-state index contributed by atoms with van der Waals surface area (Å²) < 4.78 is 27.1. The van der Waals surface area contributed by atoms with Gasteiger partial charge < -0.3 is 5.73 Å². The van der Waals surface area contributed by atoms with E-state index in [2.05, 4.69) is 20.8 Å². The van der Waals surface area contributed by atoms with Crippen LogP contribution in [0.15, 0.2) is 16.6 Å². The smallest absolute Gasteiger partial charge is 0.145 e. The molecule has 1 saturated heterocycles. The van der Waals surface area contributed by atoms with Gasteiger partial charge in [-0.1, -0.05) is 6.07 Å². The molecule has 0 radical (unpaired) electrons. The van der Waals surface area contributed by atoms with Crippen molar-refractivity contribution in [2.45, 2.75) is 12.5 Å². The van der Waals surface area contributed by atoms with Gasteiger partial charge in [-0.25, -0.2) is 8.78 Å². The van der Waals surface area contributed by atoms with Crippen LogP contribution in [0.2, 0.25) is 0 Å². The molecule has 0 saturated carbocycles. The topological polar surface area (TPSA) is 29.3 Å². The number of rotatable bonds is 2. The van der Waals surface area contributed by atoms with Gasteiger partial charge in [0.15, 0.2) is 0 Å². The minimum Gasteiger partial charge on any atom is -0.330 e. The number of hydrogen-bond acceptors (Lipinski definition) is 2. The van der Waals surface area contributed by atoms with Gasteiger partial charge in [-0.3, -0.25) is 4.90 Å². The van der Waals surface area contributed by atoms with Gasteiger partial charge in [0.1, 0.15) is 11.6 Å². The number of benzene rings is 1. The second kappa shape index (κ2) is 5.00. The molecule has 1 aromatic carbocycles. The number of nitrogens with two attached hydrogens (primary N) is 1. The standard InChI is InChI=1S/C12H15BrF2N2/c1-17-6-7(5-16)4-10(17)8-2-3-9(14)11(13)12(8)15/h2-3,7,10H,4-6,16H2,1H3. The monoisotopic (exact) mass is 304 g/mol. The van der Waals surface area contributed by atoms with E-state index in [-0.39, 0.29) is 10.5 Å². The zero-order valence-electron chi connectivity index (χ0n) is 9.59. The van der Waals surface area contributed by atoms with Crippen LogP contribution in [0, 0.1) is 17.6 Å². The summed E-state index contributed by atoms with van der Waals surface area (Å²) in [5.41, 5.74) is 6.18. The number of likely N-dealkylation sites (tertiary alicyclic amines) is 1. The molecule has 1 fully saturated rings. The minimum atomic E-state index is -0.567. The third-order valence-electron chi connectivity index (χ3n) is 3.39. The van der Waals surface area contributed by atoms with E-state index < -0.39 is 11.6 Å². The predicted octanol–water partition coefficient (Wildman–Crippen LogP) is 2.68. The van der Waals surface area contributed by atoms with E-state index in [1.165, 1.54) is 12.1 Å². The average Bonchev–Trinajstić information content (AvgIpc) is 2.68. The molecule has 0 bridgehead atoms. The van der Waals surface area contributed by atoms with Gasteiger partial charge in [0.05, 0.1) is 4.47 Å². The van der Waals surface area contributed by atoms with Crippen LogP contribution in [0.25, 0.3) is 0 Å². The maximum absolute atomic E-state index is 14.0. The zero-order valence-corrected chi connectivity index (χ0v) is 11.2. The Labute approximate surface area is 108 Å². The van der Waals surface area contributed by atoms with E-state index in [9.17, 15) is 8.78 Å². The summed E-state index contributed by atoms with van der Waals surface area (Å²) in [6.45, 7) is 1.46. The van der Waals surface area contributed by atoms with Crippen molar-refractivity contribution in [2.75, 3.05) is 20.1 Å². The summed E-state index contributed by atoms with van der Waals surface area (Å²) in [6.07, 6.45) is 0.821. The van der Waals surface area contributed by atoms with Crippen molar-refractivity contribution in [1.82, 2.24) is 4.90 Å². The lowest BCUT2D eigenvalue weighted by molar-refractivity contribution is 0.306. The first-order valence-corrected chi connectivity index (χ1v) is 6.37. The Morgan fingerprint density at radius 1 is 1.47 bits per heavy atom. The van der Waals surface area contributed by atoms with Gasteiger partial charge in [0.25, 0.3) is 0 Å². The largest absolute Gasteiger partial charge is 0.330 e. The molecule has 0 aliphatic carbocycles. The molecule has 2 nitrogen and oxygen atoms in total. The maximum atomic E-state index is 14.0. The van der Waals surface area contributed by atoms with Gasteiger partial charge >= 0.3 is 0 Å². The summed E-state index contributed by atoms with van der Waals surface area (Å²) in [7, 11) is 1.94. The highest BCUT2D eigenvalue weighted by Gasteiger charge is 2.32. The molecule has 94 valence electrons. The molecule has 2 rings (SSSR count). The van der Waals surface area contributed by atoms with E-state index in [0.29, 0.717) is 18.0 Å². The lowest BCUT2D eigenvalue weighted by atomic mass is 9.99. The number of hydrogen-bond donors (Lipinski definition) is 1. The molecule has 1 aliphatic rings. The molecule has 0 amide bonds. The highest BCUT2D eigenvalue weighted by molar-refractivity contribution is 9.10. The normalized spacial score (nSPS) is 25.5. The molecule has 1 heterocycles. The summed E-state index contributed by atoms with van der Waals surface area (Å²) in [4.78, 5) is 2.07. The Balaban J connectivity index is 2.32. The number of halogens is 3. The molecule has 0 aromatic heterocycles. The molecular formula is C12H15BrF2N2. The first kappa shape index (κ1) is 12.9. The Hall–Kier alpha value is -0.520. The Morgan fingerprint density at radius 3 is 2.76 bits per heavy atom. The fourth-order valence-electron chi connectivity index (χ4n) is 2.44. The minimum absolute atomic E-state index is 0.0135. The summed E-state index contributed by atoms with van der Waals surface area (Å²) >= 11 is 2.94. The number of nitrogens with zero attached hydrogens (tertiary/aromatic N) is 1. The van der Waals surface area contributed by atoms with Gasteiger partial charge in [-0.15, -0.1) is 0 Å². The second-order valence-corrected chi connectivity index (χ2v) is 5.35. The van der Waals surface area contributed by atoms with Crippen LogP contribution >= 0.6 is 15.9 Å². The highest BCUT2D eigenvalue weighted by atomic mass is 79.9. The van der Waals surface area contributed by atoms with E-state index >= 15 is 0 Å². The third kappa shape index (κ3) is 2.37. The van der Waals surface area contributed by atoms with Crippen molar-refractivity contribution in [2.24, 2.45) is 11.7 Å². The van der Waals surface area contributed by atoms with Crippen LogP contribution in [0.3, 0.4) is 0 Å². The van der Waals surface area contributed by atoms with Gasteiger partial charge in [0.2, 0.25) is 0 Å². The van der Waals surface area contributed by atoms with Crippen LogP contribution in [-0.2, 0) is 0 Å². The van der Waals surface area contributed by atoms with Gasteiger partial charge in [-0.05, 0) is 47.9 Å². The van der Waals surface area contributed by atoms with E-state index in [0.717, 1.165) is 13.0 Å². The van der Waals surface area contributed by atoms with Gasteiger partial charge in [-0.2, -0.15) is 0 Å². The molecule has 2 atom stereocenters. The molecule has 1 aromatic rings. The molecule has 1 aliphatic heterocycles. The fourth-order valence-corrected chi connectivity index (χ4v) is 2.80. The second-order valence-electron chi connectivity index (χ2n) is 4.56. The molecule has 2 N–H and O–H groups in total. The zero-order chi connectivity index (χ0) is 12.6. The van der Waals surface area contributed by atoms with Crippen molar-refractivity contribution in [3.8, 4) is 0 Å². The lowest BCUT2D eigenvalue weighted by Gasteiger charge is -2.20. The van der Waals surface area contributed by atoms with Crippen molar-refractivity contribution in [3.63, 3.8) is 0 Å². The van der Waals surface area contributed by atoms with Crippen LogP contribution in [0.5, 0.6) is 0 Å². The first-order chi connectivity index (χ1) is 8.04. The van der Waals surface area contributed by atoms with Crippen molar-refractivity contribution < 1.29 is 8.78 Å².